The lowest BCUT2D eigenvalue weighted by molar-refractivity contribution is 0.788. The Balaban J connectivity index is 2.82. The molecule has 0 aliphatic rings. The summed E-state index contributed by atoms with van der Waals surface area (Å²) >= 11 is 5.29. The monoisotopic (exact) mass is 237 g/mol. The van der Waals surface area contributed by atoms with Crippen molar-refractivity contribution in [3.63, 3.8) is 0 Å². The lowest BCUT2D eigenvalue weighted by Gasteiger charge is -2.25. The number of anilines is 1. The predicted octanol–water partition coefficient (Wildman–Crippen LogP) is 1.53. The van der Waals surface area contributed by atoms with Crippen LogP contribution in [0.3, 0.4) is 0 Å². The topological polar surface area (TPSA) is 27.3 Å². The summed E-state index contributed by atoms with van der Waals surface area (Å²) in [6.07, 6.45) is 0. The van der Waals surface area contributed by atoms with Crippen LogP contribution in [0.2, 0.25) is 0 Å². The summed E-state index contributed by atoms with van der Waals surface area (Å²) in [7, 11) is 3.79. The first-order valence-electron chi connectivity index (χ1n) is 5.39. The number of likely N-dealkylation sites (N-methyl/N-ethyl adjacent to an activating group) is 1. The molecule has 0 saturated carbocycles. The highest BCUT2D eigenvalue weighted by Gasteiger charge is 2.09. The molecule has 3 nitrogen and oxygen atoms in total. The average molecular weight is 237 g/mol. The Morgan fingerprint density at radius 3 is 2.38 bits per heavy atom. The van der Waals surface area contributed by atoms with Crippen LogP contribution in [0.1, 0.15) is 5.56 Å². The van der Waals surface area contributed by atoms with Crippen LogP contribution < -0.4 is 15.5 Å². The second kappa shape index (κ2) is 6.45. The van der Waals surface area contributed by atoms with Gasteiger partial charge in [-0.2, -0.15) is 0 Å². The molecule has 0 unspecified atom stereocenters. The van der Waals surface area contributed by atoms with E-state index in [1.54, 1.807) is 0 Å². The van der Waals surface area contributed by atoms with Gasteiger partial charge in [-0.25, -0.2) is 0 Å². The van der Waals surface area contributed by atoms with Gasteiger partial charge in [-0.3, -0.25) is 0 Å². The second-order valence-electron chi connectivity index (χ2n) is 3.65. The number of hydrogen-bond donors (Lipinski definition) is 2. The molecule has 0 atom stereocenters. The maximum absolute atomic E-state index is 5.29. The molecule has 0 amide bonds. The number of rotatable bonds is 4. The van der Waals surface area contributed by atoms with Crippen molar-refractivity contribution in [2.45, 2.75) is 6.92 Å². The molecule has 1 rings (SSSR count). The van der Waals surface area contributed by atoms with Crippen LogP contribution in [-0.4, -0.2) is 32.3 Å². The SMILES string of the molecule is CNCCN(C(=S)NC)c1ccc(C)cc1. The highest BCUT2D eigenvalue weighted by molar-refractivity contribution is 7.80. The third-order valence-corrected chi connectivity index (χ3v) is 2.81. The van der Waals surface area contributed by atoms with Gasteiger partial charge in [0.1, 0.15) is 0 Å². The van der Waals surface area contributed by atoms with Gasteiger partial charge in [0, 0.05) is 25.8 Å². The molecule has 88 valence electrons. The zero-order chi connectivity index (χ0) is 12.0. The highest BCUT2D eigenvalue weighted by Crippen LogP contribution is 2.14. The van der Waals surface area contributed by atoms with Gasteiger partial charge in [-0.15, -0.1) is 0 Å². The Hall–Kier alpha value is -1.13. The molecule has 0 aromatic heterocycles. The van der Waals surface area contributed by atoms with E-state index in [1.165, 1.54) is 5.56 Å². The van der Waals surface area contributed by atoms with Crippen LogP contribution in [0.15, 0.2) is 24.3 Å². The van der Waals surface area contributed by atoms with E-state index in [4.69, 9.17) is 12.2 Å². The number of hydrogen-bond acceptors (Lipinski definition) is 2. The molecule has 1 aromatic carbocycles. The zero-order valence-corrected chi connectivity index (χ0v) is 10.9. The Labute approximate surface area is 103 Å². The van der Waals surface area contributed by atoms with Crippen molar-refractivity contribution in [1.29, 1.82) is 0 Å². The van der Waals surface area contributed by atoms with E-state index < -0.39 is 0 Å². The zero-order valence-electron chi connectivity index (χ0n) is 10.1. The predicted molar refractivity (Wildman–Crippen MR) is 74.1 cm³/mol. The molecule has 0 aliphatic carbocycles. The van der Waals surface area contributed by atoms with Gasteiger partial charge in [-0.05, 0) is 38.3 Å². The van der Waals surface area contributed by atoms with E-state index in [9.17, 15) is 0 Å². The summed E-state index contributed by atoms with van der Waals surface area (Å²) in [4.78, 5) is 2.09. The first-order valence-corrected chi connectivity index (χ1v) is 5.80. The number of thiocarbonyl (C=S) groups is 1. The molecule has 0 saturated heterocycles. The Morgan fingerprint density at radius 1 is 1.25 bits per heavy atom. The van der Waals surface area contributed by atoms with E-state index in [1.807, 2.05) is 14.1 Å². The minimum Gasteiger partial charge on any atom is -0.365 e. The summed E-state index contributed by atoms with van der Waals surface area (Å²) < 4.78 is 0. The van der Waals surface area contributed by atoms with Gasteiger partial charge in [0.2, 0.25) is 0 Å². The Kier molecular flexibility index (Phi) is 5.22. The van der Waals surface area contributed by atoms with Gasteiger partial charge in [-0.1, -0.05) is 17.7 Å². The maximum Gasteiger partial charge on any atom is 0.173 e. The van der Waals surface area contributed by atoms with E-state index in [0.717, 1.165) is 23.9 Å². The first kappa shape index (κ1) is 12.9. The van der Waals surface area contributed by atoms with Crippen LogP contribution in [-0.2, 0) is 0 Å². The summed E-state index contributed by atoms with van der Waals surface area (Å²) in [5.41, 5.74) is 2.38. The molecule has 0 spiro atoms. The molecule has 0 heterocycles. The molecule has 2 N–H and O–H groups in total. The summed E-state index contributed by atoms with van der Waals surface area (Å²) in [5.74, 6) is 0. The number of nitrogens with zero attached hydrogens (tertiary/aromatic N) is 1. The van der Waals surface area contributed by atoms with Crippen molar-refractivity contribution in [3.05, 3.63) is 29.8 Å². The quantitative estimate of drug-likeness (QED) is 0.777. The summed E-state index contributed by atoms with van der Waals surface area (Å²) in [6.45, 7) is 3.84. The van der Waals surface area contributed by atoms with Crippen molar-refractivity contribution in [2.75, 3.05) is 32.1 Å². The Morgan fingerprint density at radius 2 is 1.88 bits per heavy atom. The average Bonchev–Trinajstić information content (AvgIpc) is 2.31. The van der Waals surface area contributed by atoms with Gasteiger partial charge >= 0.3 is 0 Å². The molecular formula is C12H19N3S. The van der Waals surface area contributed by atoms with Gasteiger partial charge in [0.15, 0.2) is 5.11 Å². The van der Waals surface area contributed by atoms with Crippen LogP contribution in [0.4, 0.5) is 5.69 Å². The van der Waals surface area contributed by atoms with Crippen LogP contribution in [0.25, 0.3) is 0 Å². The second-order valence-corrected chi connectivity index (χ2v) is 4.03. The standard InChI is InChI=1S/C12H19N3S/c1-10-4-6-11(7-5-10)15(9-8-13-2)12(16)14-3/h4-7,13H,8-9H2,1-3H3,(H,14,16). The highest BCUT2D eigenvalue weighted by atomic mass is 32.1. The third kappa shape index (κ3) is 3.47. The van der Waals surface area contributed by atoms with E-state index >= 15 is 0 Å². The van der Waals surface area contributed by atoms with Crippen LogP contribution in [0, 0.1) is 6.92 Å². The van der Waals surface area contributed by atoms with Crippen molar-refractivity contribution in [2.24, 2.45) is 0 Å². The molecule has 0 fully saturated rings. The van der Waals surface area contributed by atoms with Crippen molar-refractivity contribution in [3.8, 4) is 0 Å². The summed E-state index contributed by atoms with van der Waals surface area (Å²) in [5, 5.41) is 6.90. The fourth-order valence-corrected chi connectivity index (χ4v) is 1.63. The van der Waals surface area contributed by atoms with Crippen LogP contribution >= 0.6 is 12.2 Å². The van der Waals surface area contributed by atoms with E-state index in [-0.39, 0.29) is 0 Å². The molecule has 0 radical (unpaired) electrons. The van der Waals surface area contributed by atoms with Crippen molar-refractivity contribution < 1.29 is 0 Å². The largest absolute Gasteiger partial charge is 0.365 e. The molecule has 1 aromatic rings. The fourth-order valence-electron chi connectivity index (χ4n) is 1.43. The third-order valence-electron chi connectivity index (χ3n) is 2.39. The molecule has 0 bridgehead atoms. The number of nitrogens with one attached hydrogen (secondary N) is 2. The normalized spacial score (nSPS) is 9.94. The minimum atomic E-state index is 0.749. The number of aryl methyl sites for hydroxylation is 1. The lowest BCUT2D eigenvalue weighted by atomic mass is 10.2. The van der Waals surface area contributed by atoms with Crippen molar-refractivity contribution in [1.82, 2.24) is 10.6 Å². The molecular weight excluding hydrogens is 218 g/mol. The lowest BCUT2D eigenvalue weighted by Crippen LogP contribution is -2.41. The van der Waals surface area contributed by atoms with Gasteiger partial charge in [0.05, 0.1) is 0 Å². The summed E-state index contributed by atoms with van der Waals surface area (Å²) in [6, 6.07) is 8.38. The van der Waals surface area contributed by atoms with Crippen LogP contribution in [0.5, 0.6) is 0 Å². The van der Waals surface area contributed by atoms with Crippen molar-refractivity contribution >= 4 is 23.0 Å². The first-order chi connectivity index (χ1) is 7.69. The number of benzene rings is 1. The molecule has 16 heavy (non-hydrogen) atoms. The van der Waals surface area contributed by atoms with Gasteiger partial charge < -0.3 is 15.5 Å². The van der Waals surface area contributed by atoms with E-state index in [2.05, 4.69) is 46.7 Å². The minimum absolute atomic E-state index is 0.749. The maximum atomic E-state index is 5.29. The molecule has 4 heteroatoms. The van der Waals surface area contributed by atoms with E-state index in [0.29, 0.717) is 0 Å². The molecule has 0 aliphatic heterocycles. The fraction of sp³-hybridized carbons (Fsp3) is 0.417. The Bertz CT molecular complexity index is 335. The smallest absolute Gasteiger partial charge is 0.173 e. The van der Waals surface area contributed by atoms with Gasteiger partial charge in [0.25, 0.3) is 0 Å².